The maximum Gasteiger partial charge on any atom is 0.306 e. The zero-order valence-corrected chi connectivity index (χ0v) is 32.5. The Morgan fingerprint density at radius 2 is 0.735 bits per heavy atom. The van der Waals surface area contributed by atoms with E-state index in [0.29, 0.717) is 19.3 Å². The molecule has 0 heterocycles. The Morgan fingerprint density at radius 3 is 1.16 bits per heavy atom. The topological polar surface area (TPSA) is 78.9 Å². The van der Waals surface area contributed by atoms with Crippen molar-refractivity contribution in [1.29, 1.82) is 0 Å². The van der Waals surface area contributed by atoms with Gasteiger partial charge in [-0.15, -0.1) is 0 Å². The van der Waals surface area contributed by atoms with Crippen LogP contribution in [-0.4, -0.2) is 37.2 Å². The van der Waals surface area contributed by atoms with Gasteiger partial charge in [0.15, 0.2) is 6.10 Å². The van der Waals surface area contributed by atoms with E-state index in [2.05, 4.69) is 45.1 Å². The normalized spacial score (nSPS) is 12.1. The first kappa shape index (κ1) is 46.9. The fourth-order valence-electron chi connectivity index (χ4n) is 5.76. The van der Waals surface area contributed by atoms with Gasteiger partial charge in [0.05, 0.1) is 0 Å². The molecule has 49 heavy (non-hydrogen) atoms. The molecule has 0 aromatic heterocycles. The summed E-state index contributed by atoms with van der Waals surface area (Å²) in [6, 6.07) is 0. The van der Waals surface area contributed by atoms with E-state index in [1.807, 2.05) is 0 Å². The average Bonchev–Trinajstić information content (AvgIpc) is 3.10. The monoisotopic (exact) mass is 691 g/mol. The van der Waals surface area contributed by atoms with Crippen molar-refractivity contribution >= 4 is 17.9 Å². The summed E-state index contributed by atoms with van der Waals surface area (Å²) < 4.78 is 16.5. The smallest absolute Gasteiger partial charge is 0.306 e. The molecule has 0 aliphatic carbocycles. The Bertz CT molecular complexity index is 804. The molecule has 0 rings (SSSR count). The number of esters is 3. The zero-order valence-electron chi connectivity index (χ0n) is 32.5. The molecule has 0 aromatic carbocycles. The van der Waals surface area contributed by atoms with Gasteiger partial charge in [0.2, 0.25) is 0 Å². The lowest BCUT2D eigenvalue weighted by atomic mass is 10.1. The summed E-state index contributed by atoms with van der Waals surface area (Å²) in [5, 5.41) is 0. The van der Waals surface area contributed by atoms with E-state index in [1.54, 1.807) is 0 Å². The van der Waals surface area contributed by atoms with Gasteiger partial charge in [-0.25, -0.2) is 0 Å². The summed E-state index contributed by atoms with van der Waals surface area (Å²) in [5.41, 5.74) is 0. The maximum atomic E-state index is 12.6. The van der Waals surface area contributed by atoms with Crippen LogP contribution in [0.1, 0.15) is 213 Å². The number of hydrogen-bond donors (Lipinski definition) is 0. The van der Waals surface area contributed by atoms with Gasteiger partial charge in [0.25, 0.3) is 0 Å². The van der Waals surface area contributed by atoms with Gasteiger partial charge in [0.1, 0.15) is 13.2 Å². The Labute approximate surface area is 303 Å². The van der Waals surface area contributed by atoms with Crippen molar-refractivity contribution in [3.63, 3.8) is 0 Å². The second-order valence-electron chi connectivity index (χ2n) is 13.9. The quantitative estimate of drug-likeness (QED) is 0.0279. The van der Waals surface area contributed by atoms with Crippen LogP contribution in [0.2, 0.25) is 0 Å². The summed E-state index contributed by atoms with van der Waals surface area (Å²) in [6.07, 6.45) is 40.4. The van der Waals surface area contributed by atoms with Gasteiger partial charge >= 0.3 is 17.9 Å². The summed E-state index contributed by atoms with van der Waals surface area (Å²) in [6.45, 7) is 6.50. The molecule has 0 amide bonds. The summed E-state index contributed by atoms with van der Waals surface area (Å²) in [4.78, 5) is 37.3. The lowest BCUT2D eigenvalue weighted by Gasteiger charge is -2.18. The fourth-order valence-corrected chi connectivity index (χ4v) is 5.76. The first-order chi connectivity index (χ1) is 24.0. The Morgan fingerprint density at radius 1 is 0.408 bits per heavy atom. The molecule has 0 N–H and O–H groups in total. The summed E-state index contributed by atoms with van der Waals surface area (Å²) in [7, 11) is 0. The highest BCUT2D eigenvalue weighted by Crippen LogP contribution is 2.13. The van der Waals surface area contributed by atoms with Crippen LogP contribution in [0, 0.1) is 0 Å². The number of rotatable bonds is 37. The minimum absolute atomic E-state index is 0.0723. The lowest BCUT2D eigenvalue weighted by molar-refractivity contribution is -0.167. The summed E-state index contributed by atoms with van der Waals surface area (Å²) in [5.74, 6) is -0.895. The molecule has 0 spiro atoms. The van der Waals surface area contributed by atoms with Gasteiger partial charge in [-0.1, -0.05) is 167 Å². The molecule has 0 saturated carbocycles. The predicted molar refractivity (Wildman–Crippen MR) is 206 cm³/mol. The zero-order chi connectivity index (χ0) is 35.9. The molecular weight excluding hydrogens is 612 g/mol. The fraction of sp³-hybridized carbons (Fsp3) is 0.837. The third kappa shape index (κ3) is 37.0. The van der Waals surface area contributed by atoms with Gasteiger partial charge in [-0.05, 0) is 51.4 Å². The van der Waals surface area contributed by atoms with Crippen molar-refractivity contribution in [2.24, 2.45) is 0 Å². The maximum absolute atomic E-state index is 12.6. The number of carbonyl (C=O) groups excluding carboxylic acids is 3. The van der Waals surface area contributed by atoms with Crippen LogP contribution in [-0.2, 0) is 28.6 Å². The van der Waals surface area contributed by atoms with Gasteiger partial charge < -0.3 is 14.2 Å². The van der Waals surface area contributed by atoms with Crippen LogP contribution < -0.4 is 0 Å². The van der Waals surface area contributed by atoms with Crippen molar-refractivity contribution < 1.29 is 28.6 Å². The molecule has 1 atom stereocenters. The van der Waals surface area contributed by atoms with Gasteiger partial charge in [-0.2, -0.15) is 0 Å². The second kappa shape index (κ2) is 38.7. The molecule has 6 nitrogen and oxygen atoms in total. The highest BCUT2D eigenvalue weighted by Gasteiger charge is 2.19. The minimum Gasteiger partial charge on any atom is -0.462 e. The predicted octanol–water partition coefficient (Wildman–Crippen LogP) is 12.9. The van der Waals surface area contributed by atoms with E-state index >= 15 is 0 Å². The minimum atomic E-state index is -0.763. The molecule has 0 radical (unpaired) electrons. The van der Waals surface area contributed by atoms with Gasteiger partial charge in [-0.3, -0.25) is 14.4 Å². The number of allylic oxidation sites excluding steroid dienone is 4. The Balaban J connectivity index is 4.21. The van der Waals surface area contributed by atoms with Crippen LogP contribution >= 0.6 is 0 Å². The molecule has 0 aliphatic rings. The van der Waals surface area contributed by atoms with Crippen molar-refractivity contribution in [1.82, 2.24) is 0 Å². The second-order valence-corrected chi connectivity index (χ2v) is 13.9. The van der Waals surface area contributed by atoms with Crippen LogP contribution in [0.25, 0.3) is 0 Å². The third-order valence-electron chi connectivity index (χ3n) is 8.96. The van der Waals surface area contributed by atoms with Crippen molar-refractivity contribution in [3.05, 3.63) is 24.3 Å². The van der Waals surface area contributed by atoms with E-state index in [-0.39, 0.29) is 31.1 Å². The van der Waals surface area contributed by atoms with E-state index in [0.717, 1.165) is 70.6 Å². The number of ether oxygens (including phenoxy) is 3. The molecule has 1 unspecified atom stereocenters. The van der Waals surface area contributed by atoms with E-state index in [1.165, 1.54) is 103 Å². The first-order valence-corrected chi connectivity index (χ1v) is 20.8. The van der Waals surface area contributed by atoms with Crippen LogP contribution in [0.5, 0.6) is 0 Å². The first-order valence-electron chi connectivity index (χ1n) is 20.8. The Kier molecular flexibility index (Phi) is 37.0. The highest BCUT2D eigenvalue weighted by molar-refractivity contribution is 5.71. The number of hydrogen-bond acceptors (Lipinski definition) is 6. The number of carbonyl (C=O) groups is 3. The van der Waals surface area contributed by atoms with Crippen molar-refractivity contribution in [2.75, 3.05) is 13.2 Å². The average molecular weight is 691 g/mol. The molecule has 6 heteroatoms. The van der Waals surface area contributed by atoms with E-state index < -0.39 is 6.10 Å². The molecule has 286 valence electrons. The molecule has 0 aliphatic heterocycles. The molecule has 0 fully saturated rings. The standard InChI is InChI=1S/C43H78O6/c1-4-7-10-13-16-18-19-20-21-22-23-24-25-26-28-30-33-36-42(45)48-39-40(38-47-41(44)35-32-29-15-12-9-6-3)49-43(46)37-34-31-27-17-14-11-8-5-2/h16,18,20-21,40H,4-15,17,19,22-39H2,1-3H3/b18-16-,21-20-. The number of unbranched alkanes of at least 4 members (excludes halogenated alkanes) is 22. The SMILES string of the molecule is CCCCC/C=C\C/C=C\CCCCCCCCCC(=O)OCC(COC(=O)CCCCCCCC)OC(=O)CCCCCCCCCC. The highest BCUT2D eigenvalue weighted by atomic mass is 16.6. The molecule has 0 bridgehead atoms. The van der Waals surface area contributed by atoms with E-state index in [9.17, 15) is 14.4 Å². The molecular formula is C43H78O6. The van der Waals surface area contributed by atoms with E-state index in [4.69, 9.17) is 14.2 Å². The van der Waals surface area contributed by atoms with Crippen molar-refractivity contribution in [3.8, 4) is 0 Å². The van der Waals surface area contributed by atoms with Crippen LogP contribution in [0.15, 0.2) is 24.3 Å². The summed E-state index contributed by atoms with van der Waals surface area (Å²) >= 11 is 0. The molecule has 0 saturated heterocycles. The lowest BCUT2D eigenvalue weighted by Crippen LogP contribution is -2.30. The third-order valence-corrected chi connectivity index (χ3v) is 8.96. The van der Waals surface area contributed by atoms with Gasteiger partial charge in [0, 0.05) is 19.3 Å². The van der Waals surface area contributed by atoms with Crippen LogP contribution in [0.3, 0.4) is 0 Å². The van der Waals surface area contributed by atoms with Crippen molar-refractivity contribution in [2.45, 2.75) is 219 Å². The Hall–Kier alpha value is -2.11. The largest absolute Gasteiger partial charge is 0.462 e. The molecule has 0 aromatic rings. The van der Waals surface area contributed by atoms with Crippen LogP contribution in [0.4, 0.5) is 0 Å².